The van der Waals surface area contributed by atoms with E-state index in [1.165, 1.54) is 5.01 Å². The molecule has 1 saturated heterocycles. The zero-order valence-electron chi connectivity index (χ0n) is 14.4. The molecule has 1 aromatic rings. The van der Waals surface area contributed by atoms with Crippen LogP contribution < -0.4 is 5.32 Å². The van der Waals surface area contributed by atoms with Crippen LogP contribution in [0.5, 0.6) is 0 Å². The Bertz CT molecular complexity index is 672. The van der Waals surface area contributed by atoms with Crippen molar-refractivity contribution >= 4 is 23.6 Å². The van der Waals surface area contributed by atoms with Gasteiger partial charge in [-0.25, -0.2) is 19.6 Å². The molecule has 0 unspecified atom stereocenters. The SMILES string of the molecule is CCOC(=O)c1cccc(NC(=O)N2CCCN2C(=O)C2CCC2)c1. The zero-order valence-corrected chi connectivity index (χ0v) is 14.4. The number of hydrogen-bond donors (Lipinski definition) is 1. The largest absolute Gasteiger partial charge is 0.462 e. The first kappa shape index (κ1) is 17.3. The molecule has 0 radical (unpaired) electrons. The first-order chi connectivity index (χ1) is 12.1. The van der Waals surface area contributed by atoms with Crippen LogP contribution in [0, 0.1) is 5.92 Å². The van der Waals surface area contributed by atoms with E-state index < -0.39 is 5.97 Å². The highest BCUT2D eigenvalue weighted by Gasteiger charge is 2.36. The van der Waals surface area contributed by atoms with Gasteiger partial charge in [0.2, 0.25) is 5.91 Å². The summed E-state index contributed by atoms with van der Waals surface area (Å²) in [4.78, 5) is 36.8. The number of hydrazine groups is 1. The quantitative estimate of drug-likeness (QED) is 0.851. The van der Waals surface area contributed by atoms with Crippen LogP contribution in [0.1, 0.15) is 43.0 Å². The van der Waals surface area contributed by atoms with Crippen molar-refractivity contribution in [2.75, 3.05) is 25.0 Å². The van der Waals surface area contributed by atoms with Crippen molar-refractivity contribution in [1.82, 2.24) is 10.0 Å². The summed E-state index contributed by atoms with van der Waals surface area (Å²) in [5, 5.41) is 5.80. The Morgan fingerprint density at radius 3 is 2.60 bits per heavy atom. The van der Waals surface area contributed by atoms with Gasteiger partial charge in [0.15, 0.2) is 0 Å². The highest BCUT2D eigenvalue weighted by atomic mass is 16.5. The molecule has 134 valence electrons. The Labute approximate surface area is 146 Å². The molecular weight excluding hydrogens is 322 g/mol. The maximum absolute atomic E-state index is 12.6. The summed E-state index contributed by atoms with van der Waals surface area (Å²) in [5.74, 6) is -0.332. The van der Waals surface area contributed by atoms with Gasteiger partial charge in [0.25, 0.3) is 0 Å². The Balaban J connectivity index is 1.66. The van der Waals surface area contributed by atoms with Crippen LogP contribution in [0.3, 0.4) is 0 Å². The number of carbonyl (C=O) groups is 3. The molecule has 25 heavy (non-hydrogen) atoms. The van der Waals surface area contributed by atoms with E-state index in [0.717, 1.165) is 25.7 Å². The van der Waals surface area contributed by atoms with Gasteiger partial charge in [-0.2, -0.15) is 0 Å². The molecule has 1 heterocycles. The standard InChI is InChI=1S/C18H23N3O4/c1-2-25-17(23)14-8-4-9-15(12-14)19-18(24)21-11-5-10-20(21)16(22)13-6-3-7-13/h4,8-9,12-13H,2-3,5-7,10-11H2,1H3,(H,19,24). The number of ether oxygens (including phenoxy) is 1. The third-order valence-electron chi connectivity index (χ3n) is 4.60. The van der Waals surface area contributed by atoms with E-state index in [0.29, 0.717) is 30.9 Å². The van der Waals surface area contributed by atoms with Crippen LogP contribution in [0.25, 0.3) is 0 Å². The van der Waals surface area contributed by atoms with Gasteiger partial charge in [-0.1, -0.05) is 12.5 Å². The van der Waals surface area contributed by atoms with E-state index in [1.54, 1.807) is 36.2 Å². The number of carbonyl (C=O) groups excluding carboxylic acids is 3. The highest BCUT2D eigenvalue weighted by molar-refractivity contribution is 5.95. The number of nitrogens with one attached hydrogen (secondary N) is 1. The molecule has 1 aliphatic heterocycles. The van der Waals surface area contributed by atoms with Crippen LogP contribution in [0.4, 0.5) is 10.5 Å². The maximum atomic E-state index is 12.6. The smallest absolute Gasteiger partial charge is 0.340 e. The molecule has 0 atom stereocenters. The summed E-state index contributed by atoms with van der Waals surface area (Å²) in [6, 6.07) is 6.24. The number of hydrogen-bond acceptors (Lipinski definition) is 4. The Morgan fingerprint density at radius 2 is 1.92 bits per heavy atom. The maximum Gasteiger partial charge on any atom is 0.340 e. The van der Waals surface area contributed by atoms with E-state index in [9.17, 15) is 14.4 Å². The second-order valence-corrected chi connectivity index (χ2v) is 6.30. The van der Waals surface area contributed by atoms with Crippen molar-refractivity contribution in [1.29, 1.82) is 0 Å². The minimum atomic E-state index is -0.429. The lowest BCUT2D eigenvalue weighted by atomic mass is 9.84. The lowest BCUT2D eigenvalue weighted by Gasteiger charge is -2.34. The van der Waals surface area contributed by atoms with Gasteiger partial charge >= 0.3 is 12.0 Å². The van der Waals surface area contributed by atoms with E-state index in [2.05, 4.69) is 5.32 Å². The van der Waals surface area contributed by atoms with Crippen molar-refractivity contribution in [3.63, 3.8) is 0 Å². The van der Waals surface area contributed by atoms with Crippen LogP contribution >= 0.6 is 0 Å². The predicted octanol–water partition coefficient (Wildman–Crippen LogP) is 2.64. The number of amides is 3. The molecule has 7 nitrogen and oxygen atoms in total. The summed E-state index contributed by atoms with van der Waals surface area (Å²) >= 11 is 0. The molecule has 1 N–H and O–H groups in total. The molecule has 0 spiro atoms. The fraction of sp³-hybridized carbons (Fsp3) is 0.500. The number of rotatable bonds is 4. The lowest BCUT2D eigenvalue weighted by molar-refractivity contribution is -0.147. The molecule has 3 rings (SSSR count). The van der Waals surface area contributed by atoms with Gasteiger partial charge in [0, 0.05) is 24.7 Å². The van der Waals surface area contributed by atoms with Crippen LogP contribution in [-0.4, -0.2) is 47.6 Å². The van der Waals surface area contributed by atoms with Crippen LogP contribution in [0.2, 0.25) is 0 Å². The van der Waals surface area contributed by atoms with Crippen LogP contribution in [-0.2, 0) is 9.53 Å². The van der Waals surface area contributed by atoms with Gasteiger partial charge < -0.3 is 10.1 Å². The van der Waals surface area contributed by atoms with Gasteiger partial charge in [0.05, 0.1) is 12.2 Å². The molecular formula is C18H23N3O4. The van der Waals surface area contributed by atoms with Gasteiger partial charge in [0.1, 0.15) is 0 Å². The van der Waals surface area contributed by atoms with E-state index >= 15 is 0 Å². The molecule has 0 bridgehead atoms. The summed E-state index contributed by atoms with van der Waals surface area (Å²) < 4.78 is 4.97. The van der Waals surface area contributed by atoms with Crippen LogP contribution in [0.15, 0.2) is 24.3 Å². The van der Waals surface area contributed by atoms with Crippen molar-refractivity contribution < 1.29 is 19.1 Å². The van der Waals surface area contributed by atoms with Crippen molar-refractivity contribution in [3.8, 4) is 0 Å². The molecule has 3 amide bonds. The van der Waals surface area contributed by atoms with Crippen molar-refractivity contribution in [2.24, 2.45) is 5.92 Å². The molecule has 1 aromatic carbocycles. The summed E-state index contributed by atoms with van der Waals surface area (Å²) in [5.41, 5.74) is 0.877. The van der Waals surface area contributed by atoms with E-state index in [1.807, 2.05) is 0 Å². The summed E-state index contributed by atoms with van der Waals surface area (Å²) in [6.07, 6.45) is 3.67. The van der Waals surface area contributed by atoms with E-state index in [-0.39, 0.29) is 17.9 Å². The lowest BCUT2D eigenvalue weighted by Crippen LogP contribution is -2.49. The van der Waals surface area contributed by atoms with Crippen molar-refractivity contribution in [3.05, 3.63) is 29.8 Å². The molecule has 1 saturated carbocycles. The first-order valence-electron chi connectivity index (χ1n) is 8.77. The summed E-state index contributed by atoms with van der Waals surface area (Å²) in [6.45, 7) is 3.12. The molecule has 2 aliphatic rings. The molecule has 7 heteroatoms. The number of anilines is 1. The molecule has 1 aliphatic carbocycles. The minimum absolute atomic E-state index is 0.0409. The fourth-order valence-corrected chi connectivity index (χ4v) is 3.04. The second-order valence-electron chi connectivity index (χ2n) is 6.30. The molecule has 2 fully saturated rings. The topological polar surface area (TPSA) is 79.0 Å². The number of esters is 1. The number of urea groups is 1. The highest BCUT2D eigenvalue weighted by Crippen LogP contribution is 2.30. The van der Waals surface area contributed by atoms with Crippen molar-refractivity contribution in [2.45, 2.75) is 32.6 Å². The Kier molecular flexibility index (Phi) is 5.21. The van der Waals surface area contributed by atoms with E-state index in [4.69, 9.17) is 4.74 Å². The predicted molar refractivity (Wildman–Crippen MR) is 91.8 cm³/mol. The number of benzene rings is 1. The number of nitrogens with zero attached hydrogens (tertiary/aromatic N) is 2. The van der Waals surface area contributed by atoms with Gasteiger partial charge in [-0.15, -0.1) is 0 Å². The molecule has 0 aromatic heterocycles. The average Bonchev–Trinajstić information content (AvgIpc) is 3.03. The monoisotopic (exact) mass is 345 g/mol. The van der Waals surface area contributed by atoms with Gasteiger partial charge in [-0.05, 0) is 44.4 Å². The minimum Gasteiger partial charge on any atom is -0.462 e. The summed E-state index contributed by atoms with van der Waals surface area (Å²) in [7, 11) is 0. The third kappa shape index (κ3) is 3.75. The normalized spacial score (nSPS) is 17.2. The Hall–Kier alpha value is -2.57. The first-order valence-corrected chi connectivity index (χ1v) is 8.77. The second kappa shape index (κ2) is 7.55. The fourth-order valence-electron chi connectivity index (χ4n) is 3.04. The zero-order chi connectivity index (χ0) is 17.8. The van der Waals surface area contributed by atoms with Gasteiger partial charge in [-0.3, -0.25) is 4.79 Å². The third-order valence-corrected chi connectivity index (χ3v) is 4.60. The average molecular weight is 345 g/mol. The Morgan fingerprint density at radius 1 is 1.16 bits per heavy atom.